The summed E-state index contributed by atoms with van der Waals surface area (Å²) < 4.78 is 5.79. The third-order valence-electron chi connectivity index (χ3n) is 2.29. The molecule has 0 spiro atoms. The maximum Gasteiger partial charge on any atom is 0.237 e. The van der Waals surface area contributed by atoms with Gasteiger partial charge in [0.05, 0.1) is 19.4 Å². The van der Waals surface area contributed by atoms with Crippen molar-refractivity contribution in [1.29, 1.82) is 0 Å². The predicted octanol–water partition coefficient (Wildman–Crippen LogP) is 0.424. The van der Waals surface area contributed by atoms with Crippen LogP contribution in [0.5, 0.6) is 5.88 Å². The maximum absolute atomic E-state index is 9.15. The summed E-state index contributed by atoms with van der Waals surface area (Å²) in [5.74, 6) is 0.533. The smallest absolute Gasteiger partial charge is 0.237 e. The molecule has 0 unspecified atom stereocenters. The molecule has 5 nitrogen and oxygen atoms in total. The quantitative estimate of drug-likeness (QED) is 0.866. The van der Waals surface area contributed by atoms with Crippen LogP contribution in [0.4, 0.5) is 0 Å². The lowest BCUT2D eigenvalue weighted by atomic mass is 10.1. The molecular formula is C9H12BrN3O2. The Labute approximate surface area is 96.2 Å². The molecule has 15 heavy (non-hydrogen) atoms. The summed E-state index contributed by atoms with van der Waals surface area (Å²) >= 11 is 3.24. The summed E-state index contributed by atoms with van der Waals surface area (Å²) in [6.45, 7) is 2.06. The van der Waals surface area contributed by atoms with E-state index in [1.807, 2.05) is 0 Å². The summed E-state index contributed by atoms with van der Waals surface area (Å²) in [7, 11) is 1.57. The Morgan fingerprint density at radius 2 is 2.40 bits per heavy atom. The fourth-order valence-corrected chi connectivity index (χ4v) is 1.80. The van der Waals surface area contributed by atoms with Crippen LogP contribution in [0.3, 0.4) is 0 Å². The van der Waals surface area contributed by atoms with Crippen molar-refractivity contribution in [2.75, 3.05) is 20.2 Å². The molecule has 0 saturated carbocycles. The molecule has 0 aliphatic carbocycles. The second-order valence-electron chi connectivity index (χ2n) is 3.50. The van der Waals surface area contributed by atoms with E-state index in [0.29, 0.717) is 30.1 Å². The van der Waals surface area contributed by atoms with Crippen molar-refractivity contribution in [1.82, 2.24) is 14.9 Å². The van der Waals surface area contributed by atoms with Crippen LogP contribution in [-0.4, -0.2) is 46.3 Å². The van der Waals surface area contributed by atoms with Crippen LogP contribution in [0.15, 0.2) is 10.8 Å². The summed E-state index contributed by atoms with van der Waals surface area (Å²) in [4.78, 5) is 10.5. The highest BCUT2D eigenvalue weighted by Crippen LogP contribution is 2.20. The van der Waals surface area contributed by atoms with Crippen LogP contribution < -0.4 is 4.74 Å². The van der Waals surface area contributed by atoms with Gasteiger partial charge in [-0.3, -0.25) is 9.88 Å². The molecular weight excluding hydrogens is 262 g/mol. The highest BCUT2D eigenvalue weighted by atomic mass is 79.9. The average molecular weight is 274 g/mol. The van der Waals surface area contributed by atoms with Crippen LogP contribution in [0, 0.1) is 0 Å². The number of methoxy groups -OCH3 is 1. The Morgan fingerprint density at radius 1 is 1.67 bits per heavy atom. The van der Waals surface area contributed by atoms with Gasteiger partial charge in [0.2, 0.25) is 5.88 Å². The van der Waals surface area contributed by atoms with E-state index in [-0.39, 0.29) is 6.10 Å². The van der Waals surface area contributed by atoms with Gasteiger partial charge in [-0.2, -0.15) is 0 Å². The number of hydrogen-bond donors (Lipinski definition) is 1. The monoisotopic (exact) mass is 273 g/mol. The van der Waals surface area contributed by atoms with Crippen LogP contribution >= 0.6 is 15.9 Å². The minimum atomic E-state index is -0.195. The molecule has 1 aliphatic heterocycles. The fourth-order valence-electron chi connectivity index (χ4n) is 1.53. The van der Waals surface area contributed by atoms with Gasteiger partial charge in [0, 0.05) is 19.6 Å². The topological polar surface area (TPSA) is 58.5 Å². The Morgan fingerprint density at radius 3 is 3.00 bits per heavy atom. The molecule has 2 rings (SSSR count). The fraction of sp³-hybridized carbons (Fsp3) is 0.556. The minimum Gasteiger partial charge on any atom is -0.480 e. The molecule has 0 atom stereocenters. The molecule has 0 radical (unpaired) electrons. The first-order chi connectivity index (χ1) is 7.19. The third kappa shape index (κ3) is 2.45. The number of hydrogen-bond acceptors (Lipinski definition) is 5. The van der Waals surface area contributed by atoms with E-state index in [0.717, 1.165) is 5.69 Å². The van der Waals surface area contributed by atoms with Crippen molar-refractivity contribution < 1.29 is 9.84 Å². The molecule has 6 heteroatoms. The lowest BCUT2D eigenvalue weighted by Gasteiger charge is -2.35. The van der Waals surface area contributed by atoms with E-state index in [2.05, 4.69) is 30.8 Å². The molecule has 2 heterocycles. The number of rotatable bonds is 3. The molecule has 0 amide bonds. The molecule has 1 aromatic rings. The number of ether oxygens (including phenoxy) is 1. The standard InChI is InChI=1S/C9H12BrN3O2/c1-15-9-7(11-2-8(10)12-9)5-13-3-6(14)4-13/h2,6,14H,3-5H2,1H3. The second-order valence-corrected chi connectivity index (χ2v) is 4.31. The van der Waals surface area contributed by atoms with Crippen LogP contribution in [-0.2, 0) is 6.54 Å². The lowest BCUT2D eigenvalue weighted by molar-refractivity contribution is -0.00404. The maximum atomic E-state index is 9.15. The highest BCUT2D eigenvalue weighted by molar-refractivity contribution is 9.10. The Bertz CT molecular complexity index is 355. The Hall–Kier alpha value is -0.720. The van der Waals surface area contributed by atoms with Crippen LogP contribution in [0.2, 0.25) is 0 Å². The van der Waals surface area contributed by atoms with Crippen LogP contribution in [0.1, 0.15) is 5.69 Å². The zero-order valence-corrected chi connectivity index (χ0v) is 9.94. The number of aliphatic hydroxyl groups excluding tert-OH is 1. The van der Waals surface area contributed by atoms with Crippen molar-refractivity contribution in [3.05, 3.63) is 16.5 Å². The molecule has 82 valence electrons. The van der Waals surface area contributed by atoms with Crippen molar-refractivity contribution in [2.24, 2.45) is 0 Å². The summed E-state index contributed by atoms with van der Waals surface area (Å²) in [5, 5.41) is 9.15. The molecule has 0 aromatic carbocycles. The Kier molecular flexibility index (Phi) is 3.18. The molecule has 1 saturated heterocycles. The summed E-state index contributed by atoms with van der Waals surface area (Å²) in [6, 6.07) is 0. The second kappa shape index (κ2) is 4.42. The zero-order valence-electron chi connectivity index (χ0n) is 8.35. The van der Waals surface area contributed by atoms with Crippen molar-refractivity contribution in [3.8, 4) is 5.88 Å². The van der Waals surface area contributed by atoms with E-state index < -0.39 is 0 Å². The van der Waals surface area contributed by atoms with Gasteiger partial charge >= 0.3 is 0 Å². The van der Waals surface area contributed by atoms with Gasteiger partial charge in [-0.15, -0.1) is 0 Å². The third-order valence-corrected chi connectivity index (χ3v) is 2.67. The van der Waals surface area contributed by atoms with Gasteiger partial charge in [-0.25, -0.2) is 4.98 Å². The molecule has 1 aromatic heterocycles. The van der Waals surface area contributed by atoms with Gasteiger partial charge < -0.3 is 9.84 Å². The number of aliphatic hydroxyl groups is 1. The number of aromatic nitrogens is 2. The van der Waals surface area contributed by atoms with E-state index in [1.54, 1.807) is 13.3 Å². The van der Waals surface area contributed by atoms with Crippen molar-refractivity contribution in [2.45, 2.75) is 12.6 Å². The van der Waals surface area contributed by atoms with Gasteiger partial charge in [-0.05, 0) is 15.9 Å². The zero-order chi connectivity index (χ0) is 10.8. The van der Waals surface area contributed by atoms with Crippen molar-refractivity contribution >= 4 is 15.9 Å². The number of nitrogens with zero attached hydrogens (tertiary/aromatic N) is 3. The first kappa shape index (κ1) is 10.8. The SMILES string of the molecule is COc1nc(Br)cnc1CN1CC(O)C1. The first-order valence-corrected chi connectivity index (χ1v) is 5.44. The largest absolute Gasteiger partial charge is 0.480 e. The van der Waals surface area contributed by atoms with E-state index in [9.17, 15) is 0 Å². The van der Waals surface area contributed by atoms with E-state index in [4.69, 9.17) is 9.84 Å². The van der Waals surface area contributed by atoms with E-state index in [1.165, 1.54) is 0 Å². The van der Waals surface area contributed by atoms with Gasteiger partial charge in [0.15, 0.2) is 0 Å². The van der Waals surface area contributed by atoms with E-state index >= 15 is 0 Å². The lowest BCUT2D eigenvalue weighted by Crippen LogP contribution is -2.50. The molecule has 1 aliphatic rings. The van der Waals surface area contributed by atoms with Gasteiger partial charge in [-0.1, -0.05) is 0 Å². The van der Waals surface area contributed by atoms with Crippen molar-refractivity contribution in [3.63, 3.8) is 0 Å². The average Bonchev–Trinajstić information content (AvgIpc) is 2.18. The molecule has 1 fully saturated rings. The number of likely N-dealkylation sites (tertiary alicyclic amines) is 1. The number of β-amino-alcohol motifs (C(OH)–C–C–N with tert-alkyl or cyclic N) is 1. The Balaban J connectivity index is 2.07. The van der Waals surface area contributed by atoms with Gasteiger partial charge in [0.25, 0.3) is 0 Å². The van der Waals surface area contributed by atoms with Gasteiger partial charge in [0.1, 0.15) is 10.3 Å². The van der Waals surface area contributed by atoms with Crippen LogP contribution in [0.25, 0.3) is 0 Å². The summed E-state index contributed by atoms with van der Waals surface area (Å²) in [5.41, 5.74) is 0.799. The number of halogens is 1. The normalized spacial score (nSPS) is 17.5. The first-order valence-electron chi connectivity index (χ1n) is 4.65. The highest BCUT2D eigenvalue weighted by Gasteiger charge is 2.25. The minimum absolute atomic E-state index is 0.195. The molecule has 1 N–H and O–H groups in total. The summed E-state index contributed by atoms with van der Waals surface area (Å²) in [6.07, 6.45) is 1.45. The predicted molar refractivity (Wildman–Crippen MR) is 57.6 cm³/mol. The molecule has 0 bridgehead atoms.